The molecule has 1 spiro atoms. The maximum Gasteiger partial charge on any atom is 0.201 e. The summed E-state index contributed by atoms with van der Waals surface area (Å²) in [5.74, 6) is 0.505. The van der Waals surface area contributed by atoms with Crippen LogP contribution >= 0.6 is 0 Å². The first-order valence-corrected chi connectivity index (χ1v) is 13.7. The SMILES string of the molecule is C[C@@H]1CC[C@H]2[C@@H](C)C(OCCn3nncc3-c3cccc4ccccc34)O[C@@H]3O[C@@]4(C)CC[C@@H]1[C@]32OO4. The molecule has 8 nitrogen and oxygen atoms in total. The Hall–Kier alpha value is -2.36. The monoisotopic (exact) mass is 505 g/mol. The fourth-order valence-corrected chi connectivity index (χ4v) is 7.40. The lowest BCUT2D eigenvalue weighted by molar-refractivity contribution is -0.577. The Morgan fingerprint density at radius 3 is 2.81 bits per heavy atom. The van der Waals surface area contributed by atoms with Gasteiger partial charge < -0.3 is 14.2 Å². The maximum absolute atomic E-state index is 6.55. The highest BCUT2D eigenvalue weighted by atomic mass is 17.3. The van der Waals surface area contributed by atoms with E-state index >= 15 is 0 Å². The van der Waals surface area contributed by atoms with E-state index in [1.54, 1.807) is 0 Å². The van der Waals surface area contributed by atoms with Gasteiger partial charge >= 0.3 is 0 Å². The van der Waals surface area contributed by atoms with E-state index in [0.29, 0.717) is 25.0 Å². The van der Waals surface area contributed by atoms with Crippen LogP contribution in [0, 0.1) is 23.7 Å². The zero-order valence-corrected chi connectivity index (χ0v) is 21.7. The van der Waals surface area contributed by atoms with Gasteiger partial charge in [0.15, 0.2) is 18.2 Å². The van der Waals surface area contributed by atoms with E-state index in [1.807, 2.05) is 17.8 Å². The van der Waals surface area contributed by atoms with E-state index in [1.165, 1.54) is 17.2 Å². The van der Waals surface area contributed by atoms with Gasteiger partial charge in [-0.2, -0.15) is 0 Å². The molecular formula is C29H35N3O5. The second-order valence-corrected chi connectivity index (χ2v) is 11.5. The highest BCUT2D eigenvalue weighted by molar-refractivity contribution is 5.95. The molecule has 5 fully saturated rings. The summed E-state index contributed by atoms with van der Waals surface area (Å²) in [5, 5.41) is 10.9. The van der Waals surface area contributed by atoms with Gasteiger partial charge in [-0.3, -0.25) is 0 Å². The molecule has 1 saturated carbocycles. The van der Waals surface area contributed by atoms with Crippen molar-refractivity contribution in [3.05, 3.63) is 48.7 Å². The first kappa shape index (κ1) is 23.7. The Balaban J connectivity index is 1.10. The summed E-state index contributed by atoms with van der Waals surface area (Å²) in [6.45, 7) is 7.52. The Morgan fingerprint density at radius 2 is 1.89 bits per heavy atom. The highest BCUT2D eigenvalue weighted by Gasteiger charge is 2.69. The van der Waals surface area contributed by atoms with E-state index in [9.17, 15) is 0 Å². The third-order valence-electron chi connectivity index (χ3n) is 9.37. The molecule has 0 amide bonds. The van der Waals surface area contributed by atoms with Gasteiger partial charge in [0.05, 0.1) is 25.0 Å². The second-order valence-electron chi connectivity index (χ2n) is 11.5. The molecule has 2 bridgehead atoms. The largest absolute Gasteiger partial charge is 0.350 e. The molecule has 2 aromatic carbocycles. The quantitative estimate of drug-likeness (QED) is 0.434. The number of aromatic nitrogens is 3. The Bertz CT molecular complexity index is 1290. The molecule has 4 aliphatic heterocycles. The summed E-state index contributed by atoms with van der Waals surface area (Å²) in [6.07, 6.45) is 5.00. The minimum Gasteiger partial charge on any atom is -0.350 e. The molecule has 1 aromatic heterocycles. The van der Waals surface area contributed by atoms with Gasteiger partial charge in [-0.25, -0.2) is 14.5 Å². The van der Waals surface area contributed by atoms with Crippen LogP contribution in [0.15, 0.2) is 48.7 Å². The topological polar surface area (TPSA) is 76.9 Å². The van der Waals surface area contributed by atoms with E-state index in [0.717, 1.165) is 30.5 Å². The van der Waals surface area contributed by atoms with Crippen LogP contribution in [0.2, 0.25) is 0 Å². The number of benzene rings is 2. The van der Waals surface area contributed by atoms with Crippen LogP contribution in [0.3, 0.4) is 0 Å². The van der Waals surface area contributed by atoms with Crippen molar-refractivity contribution in [2.45, 2.75) is 77.0 Å². The standard InChI is InChI=1S/C29H35N3O5/c1-18-11-12-24-19(2)26(34-27-29(24)23(18)13-14-28(3,35-27)36-37-29)33-16-15-32-25(17-30-31-32)22-10-6-8-20-7-4-5-9-21(20)22/h4-10,17-19,23-24,26-27H,11-16H2,1-3H3/t18-,19-,23+,24+,26?,27-,28-,29-/m1/s1. The Morgan fingerprint density at radius 1 is 1.03 bits per heavy atom. The van der Waals surface area contributed by atoms with Crippen molar-refractivity contribution in [1.82, 2.24) is 15.0 Å². The van der Waals surface area contributed by atoms with Crippen molar-refractivity contribution >= 4 is 10.8 Å². The van der Waals surface area contributed by atoms with Gasteiger partial charge in [0, 0.05) is 23.8 Å². The number of rotatable bonds is 5. The van der Waals surface area contributed by atoms with Gasteiger partial charge in [0.2, 0.25) is 5.79 Å². The fraction of sp³-hybridized carbons (Fsp3) is 0.586. The van der Waals surface area contributed by atoms with Crippen molar-refractivity contribution in [2.24, 2.45) is 23.7 Å². The lowest BCUT2D eigenvalue weighted by atomic mass is 9.58. The number of nitrogens with zero attached hydrogens (tertiary/aromatic N) is 3. The molecule has 8 rings (SSSR count). The summed E-state index contributed by atoms with van der Waals surface area (Å²) in [6, 6.07) is 14.7. The third kappa shape index (κ3) is 3.68. The smallest absolute Gasteiger partial charge is 0.201 e. The molecule has 0 N–H and O–H groups in total. The van der Waals surface area contributed by atoms with Crippen LogP contribution < -0.4 is 0 Å². The molecule has 8 heteroatoms. The summed E-state index contributed by atoms with van der Waals surface area (Å²) < 4.78 is 21.3. The third-order valence-corrected chi connectivity index (χ3v) is 9.37. The van der Waals surface area contributed by atoms with E-state index in [-0.39, 0.29) is 18.1 Å². The molecule has 3 aromatic rings. The van der Waals surface area contributed by atoms with Crippen molar-refractivity contribution < 1.29 is 24.0 Å². The molecule has 5 heterocycles. The number of hydrogen-bond donors (Lipinski definition) is 0. The van der Waals surface area contributed by atoms with Crippen LogP contribution in [0.1, 0.15) is 46.5 Å². The van der Waals surface area contributed by atoms with Crippen molar-refractivity contribution in [2.75, 3.05) is 6.61 Å². The Kier molecular flexibility index (Phi) is 5.68. The predicted molar refractivity (Wildman–Crippen MR) is 136 cm³/mol. The van der Waals surface area contributed by atoms with Gasteiger partial charge in [-0.1, -0.05) is 61.5 Å². The molecule has 4 saturated heterocycles. The summed E-state index contributed by atoms with van der Waals surface area (Å²) in [4.78, 5) is 12.2. The zero-order chi connectivity index (χ0) is 25.2. The molecule has 1 unspecified atom stereocenters. The Labute approximate surface area is 217 Å². The minimum absolute atomic E-state index is 0.147. The zero-order valence-electron chi connectivity index (χ0n) is 21.7. The normalized spacial score (nSPS) is 38.9. The number of hydrogen-bond acceptors (Lipinski definition) is 7. The molecule has 37 heavy (non-hydrogen) atoms. The molecule has 5 aliphatic rings. The lowest BCUT2D eigenvalue weighted by Crippen LogP contribution is -2.70. The minimum atomic E-state index is -0.781. The number of fused-ring (bicyclic) bond motifs is 3. The van der Waals surface area contributed by atoms with E-state index < -0.39 is 17.7 Å². The summed E-state index contributed by atoms with van der Waals surface area (Å²) >= 11 is 0. The van der Waals surface area contributed by atoms with Crippen LogP contribution in [0.5, 0.6) is 0 Å². The van der Waals surface area contributed by atoms with Gasteiger partial charge in [-0.05, 0) is 48.8 Å². The average molecular weight is 506 g/mol. The van der Waals surface area contributed by atoms with Crippen LogP contribution in [0.25, 0.3) is 22.0 Å². The summed E-state index contributed by atoms with van der Waals surface area (Å²) in [7, 11) is 0. The van der Waals surface area contributed by atoms with E-state index in [4.69, 9.17) is 24.0 Å². The maximum atomic E-state index is 6.55. The lowest BCUT2D eigenvalue weighted by Gasteiger charge is -2.60. The first-order valence-electron chi connectivity index (χ1n) is 13.7. The van der Waals surface area contributed by atoms with Crippen LogP contribution in [-0.2, 0) is 30.5 Å². The fourth-order valence-electron chi connectivity index (χ4n) is 7.40. The number of ether oxygens (including phenoxy) is 3. The molecule has 0 radical (unpaired) electrons. The van der Waals surface area contributed by atoms with Crippen LogP contribution in [-0.4, -0.2) is 45.6 Å². The average Bonchev–Trinajstić information content (AvgIpc) is 3.25. The van der Waals surface area contributed by atoms with Crippen molar-refractivity contribution in [3.8, 4) is 11.3 Å². The van der Waals surface area contributed by atoms with Crippen molar-refractivity contribution in [1.29, 1.82) is 0 Å². The van der Waals surface area contributed by atoms with Crippen molar-refractivity contribution in [3.63, 3.8) is 0 Å². The first-order chi connectivity index (χ1) is 18.0. The second kappa shape index (κ2) is 8.85. The molecular weight excluding hydrogens is 470 g/mol. The predicted octanol–water partition coefficient (Wildman–Crippen LogP) is 5.32. The summed E-state index contributed by atoms with van der Waals surface area (Å²) in [5.41, 5.74) is 1.52. The molecule has 196 valence electrons. The highest BCUT2D eigenvalue weighted by Crippen LogP contribution is 2.60. The molecule has 8 atom stereocenters. The molecule has 1 aliphatic carbocycles. The van der Waals surface area contributed by atoms with E-state index in [2.05, 4.69) is 66.6 Å². The van der Waals surface area contributed by atoms with Gasteiger partial charge in [-0.15, -0.1) is 5.10 Å². The van der Waals surface area contributed by atoms with Gasteiger partial charge in [0.1, 0.15) is 0 Å². The van der Waals surface area contributed by atoms with Gasteiger partial charge in [0.25, 0.3) is 0 Å². The van der Waals surface area contributed by atoms with Crippen LogP contribution in [0.4, 0.5) is 0 Å².